The van der Waals surface area contributed by atoms with Crippen LogP contribution in [0.15, 0.2) is 103 Å². The number of benzene rings is 5. The molecule has 35 heavy (non-hydrogen) atoms. The fourth-order valence-electron chi connectivity index (χ4n) is 6.37. The highest BCUT2D eigenvalue weighted by molar-refractivity contribution is 7.25. The molecule has 0 saturated carbocycles. The number of nitrogens with zero attached hydrogens (tertiary/aromatic N) is 1. The molecule has 0 saturated heterocycles. The van der Waals surface area contributed by atoms with E-state index in [0.717, 1.165) is 0 Å². The molecule has 2 heteroatoms. The Labute approximate surface area is 207 Å². The molecule has 0 radical (unpaired) electrons. The average Bonchev–Trinajstić information content (AvgIpc) is 3.49. The first kappa shape index (κ1) is 19.4. The Morgan fingerprint density at radius 2 is 1.31 bits per heavy atom. The largest absolute Gasteiger partial charge is 0.309 e. The van der Waals surface area contributed by atoms with E-state index in [4.69, 9.17) is 0 Å². The van der Waals surface area contributed by atoms with E-state index in [1.54, 1.807) is 0 Å². The van der Waals surface area contributed by atoms with Crippen LogP contribution in [0.5, 0.6) is 0 Å². The molecular weight excluding hydrogens is 442 g/mol. The highest BCUT2D eigenvalue weighted by Gasteiger charge is 2.37. The van der Waals surface area contributed by atoms with Crippen molar-refractivity contribution in [2.75, 3.05) is 0 Å². The molecule has 8 rings (SSSR count). The van der Waals surface area contributed by atoms with Gasteiger partial charge in [0, 0.05) is 41.9 Å². The average molecular weight is 466 g/mol. The van der Waals surface area contributed by atoms with Crippen molar-refractivity contribution in [1.82, 2.24) is 4.57 Å². The molecule has 0 fully saturated rings. The smallest absolute Gasteiger partial charge is 0.0548 e. The number of fused-ring (bicyclic) bond motifs is 9. The molecule has 0 bridgehead atoms. The highest BCUT2D eigenvalue weighted by atomic mass is 32.1. The summed E-state index contributed by atoms with van der Waals surface area (Å²) in [6.45, 7) is 4.71. The van der Waals surface area contributed by atoms with Gasteiger partial charge < -0.3 is 4.57 Å². The van der Waals surface area contributed by atoms with Gasteiger partial charge in [0.1, 0.15) is 0 Å². The van der Waals surface area contributed by atoms with Crippen molar-refractivity contribution in [2.24, 2.45) is 0 Å². The highest BCUT2D eigenvalue weighted by Crippen LogP contribution is 2.52. The van der Waals surface area contributed by atoms with E-state index in [2.05, 4.69) is 122 Å². The Hall–Kier alpha value is -3.88. The molecule has 1 aliphatic carbocycles. The standard InChI is InChI=1S/C33H23NS/c1-33(2)25-13-6-3-12-22(25)32-26(33)14-9-16-28(32)34-27-15-7-4-10-20(27)23-19-31-24(18-29(23)34)21-11-5-8-17-30(21)35-31/h3-19H,1-2H3. The van der Waals surface area contributed by atoms with Crippen LogP contribution >= 0.6 is 11.3 Å². The van der Waals surface area contributed by atoms with Crippen molar-refractivity contribution >= 4 is 53.3 Å². The third kappa shape index (κ3) is 2.42. The Morgan fingerprint density at radius 3 is 2.23 bits per heavy atom. The number of hydrogen-bond acceptors (Lipinski definition) is 1. The molecule has 1 nitrogen and oxygen atoms in total. The van der Waals surface area contributed by atoms with E-state index >= 15 is 0 Å². The minimum absolute atomic E-state index is 0.0163. The van der Waals surface area contributed by atoms with Crippen LogP contribution in [0.1, 0.15) is 25.0 Å². The SMILES string of the molecule is CC1(C)c2ccccc2-c2c(-n3c4ccccc4c4cc5sc6ccccc6c5cc43)cccc21. The summed E-state index contributed by atoms with van der Waals surface area (Å²) in [6.07, 6.45) is 0. The first-order valence-corrected chi connectivity index (χ1v) is 13.0. The quantitative estimate of drug-likeness (QED) is 0.227. The van der Waals surface area contributed by atoms with E-state index in [-0.39, 0.29) is 5.41 Å². The predicted molar refractivity (Wildman–Crippen MR) is 151 cm³/mol. The Morgan fingerprint density at radius 1 is 0.571 bits per heavy atom. The molecule has 1 aliphatic rings. The summed E-state index contributed by atoms with van der Waals surface area (Å²) in [5, 5.41) is 5.32. The van der Waals surface area contributed by atoms with Gasteiger partial charge in [0.05, 0.1) is 16.7 Å². The lowest BCUT2D eigenvalue weighted by Gasteiger charge is -2.21. The molecule has 0 aliphatic heterocycles. The second kappa shape index (κ2) is 6.62. The zero-order valence-electron chi connectivity index (χ0n) is 19.7. The summed E-state index contributed by atoms with van der Waals surface area (Å²) >= 11 is 1.89. The predicted octanol–water partition coefficient (Wildman–Crippen LogP) is 9.46. The summed E-state index contributed by atoms with van der Waals surface area (Å²) in [6, 6.07) is 38.3. The third-order valence-electron chi connectivity index (χ3n) is 8.00. The van der Waals surface area contributed by atoms with E-state index in [9.17, 15) is 0 Å². The molecule has 0 atom stereocenters. The Bertz CT molecular complexity index is 1980. The molecule has 2 heterocycles. The summed E-state index contributed by atoms with van der Waals surface area (Å²) < 4.78 is 5.21. The van der Waals surface area contributed by atoms with Gasteiger partial charge in [0.2, 0.25) is 0 Å². The van der Waals surface area contributed by atoms with Gasteiger partial charge in [0.15, 0.2) is 0 Å². The summed E-state index contributed by atoms with van der Waals surface area (Å²) in [5.74, 6) is 0. The summed E-state index contributed by atoms with van der Waals surface area (Å²) in [4.78, 5) is 0. The zero-order chi connectivity index (χ0) is 23.3. The van der Waals surface area contributed by atoms with Crippen molar-refractivity contribution < 1.29 is 0 Å². The van der Waals surface area contributed by atoms with Crippen LogP contribution in [0.4, 0.5) is 0 Å². The number of aromatic nitrogens is 1. The third-order valence-corrected chi connectivity index (χ3v) is 9.13. The van der Waals surface area contributed by atoms with Crippen molar-refractivity contribution in [3.8, 4) is 16.8 Å². The van der Waals surface area contributed by atoms with Crippen LogP contribution in [0.2, 0.25) is 0 Å². The molecule has 166 valence electrons. The zero-order valence-corrected chi connectivity index (χ0v) is 20.5. The maximum Gasteiger partial charge on any atom is 0.0548 e. The van der Waals surface area contributed by atoms with E-state index in [1.807, 2.05) is 11.3 Å². The number of hydrogen-bond donors (Lipinski definition) is 0. The molecule has 0 unspecified atom stereocenters. The fraction of sp³-hybridized carbons (Fsp3) is 0.0909. The van der Waals surface area contributed by atoms with Gasteiger partial charge in [0.25, 0.3) is 0 Å². The van der Waals surface area contributed by atoms with Gasteiger partial charge in [-0.05, 0) is 47.0 Å². The fourth-order valence-corrected chi connectivity index (χ4v) is 7.50. The molecule has 0 N–H and O–H groups in total. The lowest BCUT2D eigenvalue weighted by molar-refractivity contribution is 0.660. The van der Waals surface area contributed by atoms with Gasteiger partial charge >= 0.3 is 0 Å². The normalized spacial score (nSPS) is 14.2. The summed E-state index contributed by atoms with van der Waals surface area (Å²) in [5.41, 5.74) is 9.33. The van der Waals surface area contributed by atoms with E-state index < -0.39 is 0 Å². The number of thiophene rings is 1. The number of rotatable bonds is 1. The number of para-hydroxylation sites is 1. The Balaban J connectivity index is 1.56. The maximum absolute atomic E-state index is 2.51. The lowest BCUT2D eigenvalue weighted by atomic mass is 9.82. The van der Waals surface area contributed by atoms with Gasteiger partial charge in [-0.25, -0.2) is 0 Å². The second-order valence-corrected chi connectivity index (χ2v) is 11.3. The van der Waals surface area contributed by atoms with Gasteiger partial charge in [-0.2, -0.15) is 0 Å². The molecule has 2 aromatic heterocycles. The van der Waals surface area contributed by atoms with Gasteiger partial charge in [-0.1, -0.05) is 86.6 Å². The van der Waals surface area contributed by atoms with Crippen molar-refractivity contribution in [3.05, 3.63) is 114 Å². The van der Waals surface area contributed by atoms with Crippen molar-refractivity contribution in [1.29, 1.82) is 0 Å². The van der Waals surface area contributed by atoms with Crippen LogP contribution in [-0.4, -0.2) is 4.57 Å². The van der Waals surface area contributed by atoms with Gasteiger partial charge in [-0.15, -0.1) is 11.3 Å². The topological polar surface area (TPSA) is 4.93 Å². The maximum atomic E-state index is 2.51. The minimum Gasteiger partial charge on any atom is -0.309 e. The van der Waals surface area contributed by atoms with Crippen LogP contribution < -0.4 is 0 Å². The first-order chi connectivity index (χ1) is 17.1. The van der Waals surface area contributed by atoms with Crippen molar-refractivity contribution in [2.45, 2.75) is 19.3 Å². The van der Waals surface area contributed by atoms with Crippen LogP contribution in [0.3, 0.4) is 0 Å². The Kier molecular flexibility index (Phi) is 3.67. The second-order valence-electron chi connectivity index (χ2n) is 10.2. The minimum atomic E-state index is -0.0163. The van der Waals surface area contributed by atoms with E-state index in [1.165, 1.54) is 69.9 Å². The molecule has 0 spiro atoms. The van der Waals surface area contributed by atoms with Crippen molar-refractivity contribution in [3.63, 3.8) is 0 Å². The van der Waals surface area contributed by atoms with Crippen LogP contribution in [-0.2, 0) is 5.41 Å². The molecule has 5 aromatic carbocycles. The lowest BCUT2D eigenvalue weighted by Crippen LogP contribution is -2.14. The molecule has 7 aromatic rings. The first-order valence-electron chi connectivity index (χ1n) is 12.2. The monoisotopic (exact) mass is 465 g/mol. The summed E-state index contributed by atoms with van der Waals surface area (Å²) in [7, 11) is 0. The van der Waals surface area contributed by atoms with Gasteiger partial charge in [-0.3, -0.25) is 0 Å². The van der Waals surface area contributed by atoms with E-state index in [0.29, 0.717) is 0 Å². The van der Waals surface area contributed by atoms with Crippen LogP contribution in [0.25, 0.3) is 58.8 Å². The van der Waals surface area contributed by atoms with Crippen LogP contribution in [0, 0.1) is 0 Å². The molecule has 0 amide bonds. The molecular formula is C33H23NS.